The second kappa shape index (κ2) is 4.38. The van der Waals surface area contributed by atoms with Gasteiger partial charge in [0.2, 0.25) is 0 Å². The van der Waals surface area contributed by atoms with Gasteiger partial charge in [0.15, 0.2) is 9.84 Å². The molecule has 3 nitrogen and oxygen atoms in total. The van der Waals surface area contributed by atoms with E-state index in [4.69, 9.17) is 28.9 Å². The molecule has 0 aromatic heterocycles. The number of sulfone groups is 1. The van der Waals surface area contributed by atoms with E-state index in [-0.39, 0.29) is 22.2 Å². The molecule has 6 heteroatoms. The van der Waals surface area contributed by atoms with Crippen molar-refractivity contribution in [1.29, 1.82) is 0 Å². The SMILES string of the molecule is Nc1cc(Cl)ccc1S(=O)(=O)CCCl. The Balaban J connectivity index is 3.20. The average molecular weight is 254 g/mol. The zero-order valence-corrected chi connectivity index (χ0v) is 9.53. The Hall–Kier alpha value is -0.450. The fraction of sp³-hybridized carbons (Fsp3) is 0.250. The van der Waals surface area contributed by atoms with E-state index in [9.17, 15) is 8.42 Å². The van der Waals surface area contributed by atoms with Crippen molar-refractivity contribution in [2.75, 3.05) is 17.4 Å². The lowest BCUT2D eigenvalue weighted by atomic mass is 10.3. The minimum Gasteiger partial charge on any atom is -0.398 e. The van der Waals surface area contributed by atoms with Crippen LogP contribution < -0.4 is 5.73 Å². The lowest BCUT2D eigenvalue weighted by molar-refractivity contribution is 0.598. The fourth-order valence-corrected chi connectivity index (χ4v) is 2.92. The summed E-state index contributed by atoms with van der Waals surface area (Å²) in [6.45, 7) is 0. The number of hydrogen-bond acceptors (Lipinski definition) is 3. The summed E-state index contributed by atoms with van der Waals surface area (Å²) in [5.41, 5.74) is 5.69. The zero-order chi connectivity index (χ0) is 10.8. The third-order valence-corrected chi connectivity index (χ3v) is 4.08. The van der Waals surface area contributed by atoms with Gasteiger partial charge in [-0.25, -0.2) is 8.42 Å². The minimum absolute atomic E-state index is 0.0460. The quantitative estimate of drug-likeness (QED) is 0.662. The first kappa shape index (κ1) is 11.6. The van der Waals surface area contributed by atoms with E-state index in [0.717, 1.165) is 0 Å². The first-order valence-electron chi connectivity index (χ1n) is 3.81. The standard InChI is InChI=1S/C8H9Cl2NO2S/c9-3-4-14(12,13)8-2-1-6(10)5-7(8)11/h1-2,5H,3-4,11H2. The maximum atomic E-state index is 11.6. The minimum atomic E-state index is -3.37. The van der Waals surface area contributed by atoms with Gasteiger partial charge in [0, 0.05) is 10.9 Å². The lowest BCUT2D eigenvalue weighted by Gasteiger charge is -2.05. The van der Waals surface area contributed by atoms with Crippen molar-refractivity contribution in [3.63, 3.8) is 0 Å². The van der Waals surface area contributed by atoms with Crippen LogP contribution in [0, 0.1) is 0 Å². The molecule has 1 rings (SSSR count). The summed E-state index contributed by atoms with van der Waals surface area (Å²) < 4.78 is 23.1. The van der Waals surface area contributed by atoms with Gasteiger partial charge in [0.25, 0.3) is 0 Å². The van der Waals surface area contributed by atoms with Crippen LogP contribution in [-0.4, -0.2) is 20.1 Å². The number of hydrogen-bond donors (Lipinski definition) is 1. The van der Waals surface area contributed by atoms with Crippen LogP contribution in [-0.2, 0) is 9.84 Å². The molecular formula is C8H9Cl2NO2S. The molecule has 0 bridgehead atoms. The molecule has 0 saturated heterocycles. The Morgan fingerprint density at radius 3 is 2.50 bits per heavy atom. The van der Waals surface area contributed by atoms with Crippen LogP contribution in [0.15, 0.2) is 23.1 Å². The maximum Gasteiger partial charge on any atom is 0.181 e. The summed E-state index contributed by atoms with van der Waals surface area (Å²) in [6, 6.07) is 4.28. The molecule has 0 heterocycles. The van der Waals surface area contributed by atoms with Crippen molar-refractivity contribution in [2.45, 2.75) is 4.90 Å². The lowest BCUT2D eigenvalue weighted by Crippen LogP contribution is -2.10. The fourth-order valence-electron chi connectivity index (χ4n) is 1.01. The monoisotopic (exact) mass is 253 g/mol. The van der Waals surface area contributed by atoms with Crippen LogP contribution in [0.2, 0.25) is 5.02 Å². The molecule has 0 aliphatic rings. The maximum absolute atomic E-state index is 11.6. The van der Waals surface area contributed by atoms with Gasteiger partial charge >= 0.3 is 0 Å². The number of anilines is 1. The molecule has 0 spiro atoms. The van der Waals surface area contributed by atoms with Crippen molar-refractivity contribution in [3.8, 4) is 0 Å². The molecule has 1 aromatic rings. The van der Waals surface area contributed by atoms with Crippen LogP contribution in [0.25, 0.3) is 0 Å². The third-order valence-electron chi connectivity index (χ3n) is 1.65. The van der Waals surface area contributed by atoms with Crippen LogP contribution in [0.4, 0.5) is 5.69 Å². The van der Waals surface area contributed by atoms with Crippen LogP contribution >= 0.6 is 23.2 Å². The highest BCUT2D eigenvalue weighted by molar-refractivity contribution is 7.91. The number of nitrogen functional groups attached to an aromatic ring is 1. The Morgan fingerprint density at radius 2 is 2.00 bits per heavy atom. The van der Waals surface area contributed by atoms with Gasteiger partial charge in [0.1, 0.15) is 0 Å². The number of halogens is 2. The second-order valence-electron chi connectivity index (χ2n) is 2.69. The number of rotatable bonds is 3. The van der Waals surface area contributed by atoms with E-state index in [1.54, 1.807) is 0 Å². The summed E-state index contributed by atoms with van der Waals surface area (Å²) in [6.07, 6.45) is 0. The average Bonchev–Trinajstić information content (AvgIpc) is 2.02. The first-order chi connectivity index (χ1) is 6.47. The van der Waals surface area contributed by atoms with E-state index < -0.39 is 9.84 Å². The van der Waals surface area contributed by atoms with E-state index >= 15 is 0 Å². The molecule has 78 valence electrons. The molecule has 0 amide bonds. The van der Waals surface area contributed by atoms with Crippen molar-refractivity contribution in [2.24, 2.45) is 0 Å². The smallest absolute Gasteiger partial charge is 0.181 e. The molecular weight excluding hydrogens is 245 g/mol. The molecule has 14 heavy (non-hydrogen) atoms. The zero-order valence-electron chi connectivity index (χ0n) is 7.20. The summed E-state index contributed by atoms with van der Waals surface area (Å²) in [5, 5.41) is 0.410. The van der Waals surface area contributed by atoms with E-state index in [2.05, 4.69) is 0 Å². The Labute approximate surface area is 92.7 Å². The summed E-state index contributed by atoms with van der Waals surface area (Å²) in [5.74, 6) is -0.0786. The van der Waals surface area contributed by atoms with Gasteiger partial charge in [-0.2, -0.15) is 0 Å². The predicted octanol–water partition coefficient (Wildman–Crippen LogP) is 1.93. The van der Waals surface area contributed by atoms with Gasteiger partial charge in [0.05, 0.1) is 16.3 Å². The third kappa shape index (κ3) is 2.53. The summed E-state index contributed by atoms with van der Waals surface area (Å²) >= 11 is 11.0. The Bertz CT molecular complexity index is 431. The van der Waals surface area contributed by atoms with E-state index in [0.29, 0.717) is 5.02 Å². The normalized spacial score (nSPS) is 11.6. The van der Waals surface area contributed by atoms with Crippen LogP contribution in [0.1, 0.15) is 0 Å². The molecule has 0 aliphatic carbocycles. The summed E-state index contributed by atoms with van der Waals surface area (Å²) in [4.78, 5) is 0.0857. The molecule has 1 aromatic carbocycles. The Kier molecular flexibility index (Phi) is 3.64. The van der Waals surface area contributed by atoms with Crippen LogP contribution in [0.3, 0.4) is 0 Å². The largest absolute Gasteiger partial charge is 0.398 e. The highest BCUT2D eigenvalue weighted by Crippen LogP contribution is 2.23. The Morgan fingerprint density at radius 1 is 1.36 bits per heavy atom. The molecule has 0 radical (unpaired) electrons. The predicted molar refractivity (Wildman–Crippen MR) is 58.6 cm³/mol. The first-order valence-corrected chi connectivity index (χ1v) is 6.37. The van der Waals surface area contributed by atoms with Crippen molar-refractivity contribution in [3.05, 3.63) is 23.2 Å². The topological polar surface area (TPSA) is 60.2 Å². The molecule has 0 fully saturated rings. The number of alkyl halides is 1. The van der Waals surface area contributed by atoms with E-state index in [1.807, 2.05) is 0 Å². The van der Waals surface area contributed by atoms with Gasteiger partial charge in [-0.1, -0.05) is 11.6 Å². The highest BCUT2D eigenvalue weighted by Gasteiger charge is 2.16. The number of nitrogens with two attached hydrogens (primary N) is 1. The van der Waals surface area contributed by atoms with Crippen molar-refractivity contribution in [1.82, 2.24) is 0 Å². The molecule has 0 saturated carbocycles. The van der Waals surface area contributed by atoms with Gasteiger partial charge in [-0.15, -0.1) is 11.6 Å². The molecule has 2 N–H and O–H groups in total. The molecule has 0 aliphatic heterocycles. The van der Waals surface area contributed by atoms with Crippen molar-refractivity contribution >= 4 is 38.7 Å². The van der Waals surface area contributed by atoms with Gasteiger partial charge in [-0.3, -0.25) is 0 Å². The summed E-state index contributed by atoms with van der Waals surface area (Å²) in [7, 11) is -3.37. The van der Waals surface area contributed by atoms with Gasteiger partial charge in [-0.05, 0) is 18.2 Å². The second-order valence-corrected chi connectivity index (χ2v) is 5.58. The van der Waals surface area contributed by atoms with Crippen LogP contribution in [0.5, 0.6) is 0 Å². The van der Waals surface area contributed by atoms with Crippen molar-refractivity contribution < 1.29 is 8.42 Å². The molecule has 0 atom stereocenters. The van der Waals surface area contributed by atoms with Gasteiger partial charge < -0.3 is 5.73 Å². The highest BCUT2D eigenvalue weighted by atomic mass is 35.5. The van der Waals surface area contributed by atoms with E-state index in [1.165, 1.54) is 18.2 Å². The number of benzene rings is 1. The molecule has 0 unspecified atom stereocenters.